The van der Waals surface area contributed by atoms with Gasteiger partial charge < -0.3 is 29.6 Å². The van der Waals surface area contributed by atoms with Crippen molar-refractivity contribution in [2.75, 3.05) is 6.61 Å². The Bertz CT molecular complexity index is 4350. The maximum atomic E-state index is 13.7. The van der Waals surface area contributed by atoms with Crippen LogP contribution in [0.5, 0.6) is 0 Å². The number of aliphatic hydroxyl groups is 1. The second-order valence-electron chi connectivity index (χ2n) is 19.7. The first-order valence-electron chi connectivity index (χ1n) is 24.3. The average Bonchev–Trinajstić information content (AvgIpc) is 4.36. The molecule has 0 saturated heterocycles. The molecule has 0 aliphatic rings. The summed E-state index contributed by atoms with van der Waals surface area (Å²) >= 11 is 2.57. The van der Waals surface area contributed by atoms with Crippen molar-refractivity contribution in [3.63, 3.8) is 0 Å². The third-order valence-electron chi connectivity index (χ3n) is 13.6. The van der Waals surface area contributed by atoms with E-state index in [9.17, 15) is 19.5 Å². The molecule has 0 saturated carbocycles. The summed E-state index contributed by atoms with van der Waals surface area (Å²) in [7, 11) is 2.42. The minimum atomic E-state index is -2.09. The SMILES string of the molecule is Cn1c2nc(C(O)(C(N)=O)c3ccccc3)sc2c2cnn(Cc3cccc4[nH]ncc34)c(=O)c21.[C-]#[N+]C(c1ccccc1)c1nc2c(s1)c1cnn(Cc3cccc4c3cnn4COCC[Si](C)(C)C)c(=O)c1n2C. The molecule has 1 amide bonds. The van der Waals surface area contributed by atoms with E-state index >= 15 is 0 Å². The van der Waals surface area contributed by atoms with Crippen LogP contribution in [0.1, 0.15) is 38.3 Å². The van der Waals surface area contributed by atoms with Crippen LogP contribution in [-0.4, -0.2) is 84.3 Å². The van der Waals surface area contributed by atoms with Gasteiger partial charge in [-0.05, 0) is 29.3 Å². The number of nitrogens with zero attached hydrogens (tertiary/aromatic N) is 12. The Morgan fingerprint density at radius 1 is 0.750 bits per heavy atom. The molecule has 76 heavy (non-hydrogen) atoms. The molecule has 0 spiro atoms. The zero-order valence-electron chi connectivity index (χ0n) is 42.0. The molecule has 8 aromatic heterocycles. The van der Waals surface area contributed by atoms with Gasteiger partial charge in [0.2, 0.25) is 5.60 Å². The molecule has 0 aliphatic carbocycles. The summed E-state index contributed by atoms with van der Waals surface area (Å²) < 4.78 is 15.7. The van der Waals surface area contributed by atoms with Crippen molar-refractivity contribution < 1.29 is 14.6 Å². The van der Waals surface area contributed by atoms with Crippen molar-refractivity contribution in [2.24, 2.45) is 19.8 Å². The number of benzene rings is 4. The van der Waals surface area contributed by atoms with Gasteiger partial charge in [0.15, 0.2) is 16.3 Å². The zero-order valence-corrected chi connectivity index (χ0v) is 44.6. The molecule has 12 rings (SSSR count). The first-order chi connectivity index (χ1) is 36.6. The minimum Gasteiger partial charge on any atom is -0.370 e. The Morgan fingerprint density at radius 2 is 1.33 bits per heavy atom. The van der Waals surface area contributed by atoms with Gasteiger partial charge >= 0.3 is 0 Å². The third-order valence-corrected chi connectivity index (χ3v) is 17.6. The minimum absolute atomic E-state index is 0.134. The molecule has 2 atom stereocenters. The van der Waals surface area contributed by atoms with Crippen molar-refractivity contribution in [3.8, 4) is 0 Å². The number of thiazole rings is 2. The fourth-order valence-electron chi connectivity index (χ4n) is 9.47. The van der Waals surface area contributed by atoms with Gasteiger partial charge in [-0.15, -0.1) is 22.7 Å². The largest absolute Gasteiger partial charge is 0.370 e. The predicted molar refractivity (Wildman–Crippen MR) is 298 cm³/mol. The lowest BCUT2D eigenvalue weighted by molar-refractivity contribution is -0.133. The number of nitrogens with two attached hydrogens (primary N) is 1. The van der Waals surface area contributed by atoms with Crippen LogP contribution >= 0.6 is 22.7 Å². The standard InChI is InChI=1S/C30H31N7O2SSi.C24H19N7O3S/c1-31-25(20-10-7-6-8-11-20)29-34-28-27(40-29)23-17-32-36(30(38)26(23)35(28)2)18-21-12-9-13-24-22(21)16-33-37(24)19-39-14-15-41(3,4)5;1-30-18-16(11-27-31(21(18)32)12-13-6-5-9-17-15(13)10-26-29-17)19-20(30)28-23(35-19)24(34,22(25)33)14-7-3-2-4-8-14/h6-13,16-17,25H,14-15,18-19H2,2-5H3;2-11,34H,12H2,1H3,(H2,25,33)(H,26,29). The first kappa shape index (κ1) is 49.7. The Labute approximate surface area is 441 Å². The second kappa shape index (κ2) is 19.7. The van der Waals surface area contributed by atoms with Crippen LogP contribution < -0.4 is 16.9 Å². The molecule has 8 heterocycles. The zero-order chi connectivity index (χ0) is 53.0. The number of ether oxygens (including phenoxy) is 1. The summed E-state index contributed by atoms with van der Waals surface area (Å²) in [6.07, 6.45) is 6.92. The van der Waals surface area contributed by atoms with E-state index in [4.69, 9.17) is 22.0 Å². The lowest BCUT2D eigenvalue weighted by Gasteiger charge is -2.22. The summed E-state index contributed by atoms with van der Waals surface area (Å²) in [6.45, 7) is 16.5. The Morgan fingerprint density at radius 3 is 1.96 bits per heavy atom. The molecule has 382 valence electrons. The number of primary amides is 1. The number of carbonyl (C=O) groups excluding carboxylic acids is 1. The smallest absolute Gasteiger partial charge is 0.299 e. The maximum absolute atomic E-state index is 13.7. The lowest BCUT2D eigenvalue weighted by Crippen LogP contribution is -2.42. The summed E-state index contributed by atoms with van der Waals surface area (Å²) in [4.78, 5) is 52.7. The van der Waals surface area contributed by atoms with Crippen LogP contribution in [-0.2, 0) is 49.0 Å². The Hall–Kier alpha value is -8.46. The monoisotopic (exact) mass is 1070 g/mol. The molecule has 4 N–H and O–H groups in total. The third kappa shape index (κ3) is 8.76. The number of H-pyrrole nitrogens is 1. The quantitative estimate of drug-likeness (QED) is 0.0536. The highest BCUT2D eigenvalue weighted by Gasteiger charge is 2.42. The van der Waals surface area contributed by atoms with Crippen molar-refractivity contribution in [1.29, 1.82) is 0 Å². The average molecular weight is 1070 g/mol. The lowest BCUT2D eigenvalue weighted by atomic mass is 9.94. The molecule has 0 bridgehead atoms. The number of aromatic amines is 1. The number of hydrogen-bond donors (Lipinski definition) is 3. The molecule has 2 unspecified atom stereocenters. The molecule has 0 aliphatic heterocycles. The molecule has 19 nitrogen and oxygen atoms in total. The van der Waals surface area contributed by atoms with E-state index in [0.717, 1.165) is 72.6 Å². The molecule has 12 aromatic rings. The van der Waals surface area contributed by atoms with E-state index < -0.39 is 25.6 Å². The molecule has 0 fully saturated rings. The number of hydrogen-bond acceptors (Lipinski definition) is 13. The van der Waals surface area contributed by atoms with Crippen LogP contribution in [0.2, 0.25) is 25.7 Å². The van der Waals surface area contributed by atoms with Crippen molar-refractivity contribution >= 4 is 101 Å². The highest BCUT2D eigenvalue weighted by molar-refractivity contribution is 7.20. The van der Waals surface area contributed by atoms with Crippen LogP contribution in [0.3, 0.4) is 0 Å². The van der Waals surface area contributed by atoms with Crippen molar-refractivity contribution in [1.82, 2.24) is 58.6 Å². The fraction of sp³-hybridized carbons (Fsp3) is 0.222. The number of nitrogens with one attached hydrogen (secondary N) is 1. The van der Waals surface area contributed by atoms with Gasteiger partial charge in [-0.3, -0.25) is 19.5 Å². The molecule has 0 radical (unpaired) electrons. The van der Waals surface area contributed by atoms with E-state index in [0.29, 0.717) is 56.3 Å². The summed E-state index contributed by atoms with van der Waals surface area (Å²) in [5.41, 5.74) is 10.2. The van der Waals surface area contributed by atoms with Crippen molar-refractivity contribution in [3.05, 3.63) is 186 Å². The highest BCUT2D eigenvalue weighted by Crippen LogP contribution is 2.39. The number of aryl methyl sites for hydroxylation is 2. The van der Waals surface area contributed by atoms with Crippen molar-refractivity contribution in [2.45, 2.75) is 57.1 Å². The van der Waals surface area contributed by atoms with Gasteiger partial charge in [-0.25, -0.2) is 30.6 Å². The van der Waals surface area contributed by atoms with E-state index in [1.807, 2.05) is 89.2 Å². The molecular weight excluding hydrogens is 1020 g/mol. The van der Waals surface area contributed by atoms with Crippen LogP contribution in [0, 0.1) is 6.57 Å². The van der Waals surface area contributed by atoms with Crippen LogP contribution in [0.15, 0.2) is 131 Å². The maximum Gasteiger partial charge on any atom is 0.299 e. The van der Waals surface area contributed by atoms with Gasteiger partial charge in [0.1, 0.15) is 22.8 Å². The summed E-state index contributed by atoms with van der Waals surface area (Å²) in [5.74, 6) is -0.930. The van der Waals surface area contributed by atoms with E-state index in [-0.39, 0.29) is 22.7 Å². The Balaban J connectivity index is 0.000000164. The summed E-state index contributed by atoms with van der Waals surface area (Å²) in [6, 6.07) is 30.5. The number of rotatable bonds is 14. The fourth-order valence-corrected chi connectivity index (χ4v) is 12.6. The van der Waals surface area contributed by atoms with E-state index in [2.05, 4.69) is 55.0 Å². The van der Waals surface area contributed by atoms with E-state index in [1.54, 1.807) is 60.5 Å². The normalized spacial score (nSPS) is 13.2. The number of amides is 1. The van der Waals surface area contributed by atoms with Gasteiger partial charge in [0.05, 0.1) is 58.3 Å². The predicted octanol–water partition coefficient (Wildman–Crippen LogP) is 8.05. The van der Waals surface area contributed by atoms with Crippen LogP contribution in [0.4, 0.5) is 0 Å². The summed E-state index contributed by atoms with van der Waals surface area (Å²) in [5, 5.41) is 35.9. The van der Waals surface area contributed by atoms with E-state index in [1.165, 1.54) is 20.7 Å². The number of carbonyl (C=O) groups is 1. The molecule has 4 aromatic carbocycles. The number of aromatic nitrogens is 12. The molecular formula is C54H50N14O5S2Si. The topological polar surface area (TPSA) is 229 Å². The van der Waals surface area contributed by atoms with Gasteiger partial charge in [0, 0.05) is 61.4 Å². The van der Waals surface area contributed by atoms with Crippen LogP contribution in [0.25, 0.3) is 69.2 Å². The number of fused-ring (bicyclic) bond motifs is 8. The Kier molecular flexibility index (Phi) is 12.9. The van der Waals surface area contributed by atoms with Gasteiger partial charge in [-0.1, -0.05) is 105 Å². The second-order valence-corrected chi connectivity index (χ2v) is 27.4. The van der Waals surface area contributed by atoms with Gasteiger partial charge in [0.25, 0.3) is 23.1 Å². The first-order valence-corrected chi connectivity index (χ1v) is 29.6. The molecule has 22 heteroatoms. The highest BCUT2D eigenvalue weighted by atomic mass is 32.1. The van der Waals surface area contributed by atoms with Gasteiger partial charge in [-0.2, -0.15) is 20.4 Å².